The molecule has 1 fully saturated rings. The zero-order valence-corrected chi connectivity index (χ0v) is 20.0. The van der Waals surface area contributed by atoms with Crippen molar-refractivity contribution < 1.29 is 4.79 Å². The summed E-state index contributed by atoms with van der Waals surface area (Å²) in [5.74, 6) is 1.53. The Bertz CT molecular complexity index is 710. The minimum atomic E-state index is 0.0416. The van der Waals surface area contributed by atoms with Crippen LogP contribution in [0.1, 0.15) is 57.2 Å². The Morgan fingerprint density at radius 2 is 2.10 bits per heavy atom. The van der Waals surface area contributed by atoms with Gasteiger partial charge in [-0.15, -0.1) is 0 Å². The third kappa shape index (κ3) is 6.45. The summed E-state index contributed by atoms with van der Waals surface area (Å²) in [6.07, 6.45) is 5.12. The molecule has 1 atom stereocenters. The molecule has 1 aromatic heterocycles. The number of nitrogens with zero attached hydrogens (tertiary/aromatic N) is 6. The van der Waals surface area contributed by atoms with Gasteiger partial charge in [0.25, 0.3) is 0 Å². The van der Waals surface area contributed by atoms with Gasteiger partial charge >= 0.3 is 0 Å². The van der Waals surface area contributed by atoms with Gasteiger partial charge in [0.1, 0.15) is 0 Å². The number of amides is 1. The van der Waals surface area contributed by atoms with E-state index in [9.17, 15) is 4.79 Å². The highest BCUT2D eigenvalue weighted by molar-refractivity contribution is 5.81. The molecule has 1 saturated heterocycles. The first-order valence-electron chi connectivity index (χ1n) is 11.2. The van der Waals surface area contributed by atoms with Crippen molar-refractivity contribution in [1.29, 1.82) is 0 Å². The molecule has 0 aliphatic carbocycles. The van der Waals surface area contributed by atoms with E-state index in [4.69, 9.17) is 4.99 Å². The van der Waals surface area contributed by atoms with Crippen LogP contribution in [0.5, 0.6) is 0 Å². The summed E-state index contributed by atoms with van der Waals surface area (Å²) in [7, 11) is 7.73. The van der Waals surface area contributed by atoms with Crippen molar-refractivity contribution in [2.75, 3.05) is 47.3 Å². The molecule has 0 saturated carbocycles. The first-order valence-corrected chi connectivity index (χ1v) is 11.2. The van der Waals surface area contributed by atoms with Gasteiger partial charge in [-0.05, 0) is 38.6 Å². The molecule has 2 heterocycles. The van der Waals surface area contributed by atoms with Gasteiger partial charge in [-0.25, -0.2) is 0 Å². The highest BCUT2D eigenvalue weighted by Crippen LogP contribution is 2.20. The molecule has 30 heavy (non-hydrogen) atoms. The largest absolute Gasteiger partial charge is 0.357 e. The second-order valence-corrected chi connectivity index (χ2v) is 8.74. The van der Waals surface area contributed by atoms with Crippen molar-refractivity contribution in [3.8, 4) is 0 Å². The molecule has 1 aliphatic heterocycles. The maximum atomic E-state index is 12.4. The van der Waals surface area contributed by atoms with Crippen LogP contribution in [0, 0.1) is 0 Å². The molecule has 170 valence electrons. The number of carbonyl (C=O) groups excluding carboxylic acids is 1. The Balaban J connectivity index is 1.93. The van der Waals surface area contributed by atoms with Crippen molar-refractivity contribution in [3.63, 3.8) is 0 Å². The predicted octanol–water partition coefficient (Wildman–Crippen LogP) is 1.88. The number of nitrogens with one attached hydrogen (secondary N) is 1. The topological polar surface area (TPSA) is 69.0 Å². The number of carbonyl (C=O) groups is 1. The van der Waals surface area contributed by atoms with E-state index >= 15 is 0 Å². The standard InChI is InChI=1S/C22H41N7O/c1-8-23-22(27(6)15-18-16-28(7)25-20(18)17(2)3)24-12-10-14-29-13-9-11-19(29)21(30)26(4)5/h16-17,19H,8-15H2,1-7H3,(H,23,24). The first-order chi connectivity index (χ1) is 14.2. The lowest BCUT2D eigenvalue weighted by Gasteiger charge is -2.26. The van der Waals surface area contributed by atoms with Crippen LogP contribution in [-0.4, -0.2) is 89.7 Å². The number of aromatic nitrogens is 2. The summed E-state index contributed by atoms with van der Waals surface area (Å²) in [6.45, 7) is 10.7. The average molecular weight is 420 g/mol. The van der Waals surface area contributed by atoms with Gasteiger partial charge in [0, 0.05) is 66.1 Å². The number of rotatable bonds is 9. The molecular weight excluding hydrogens is 378 g/mol. The van der Waals surface area contributed by atoms with Crippen molar-refractivity contribution in [1.82, 2.24) is 29.8 Å². The Morgan fingerprint density at radius 3 is 2.73 bits per heavy atom. The van der Waals surface area contributed by atoms with Crippen molar-refractivity contribution in [2.45, 2.75) is 58.5 Å². The average Bonchev–Trinajstić information content (AvgIpc) is 3.29. The Labute approximate surface area is 182 Å². The molecular formula is C22H41N7O. The van der Waals surface area contributed by atoms with Crippen molar-refractivity contribution in [2.24, 2.45) is 12.0 Å². The van der Waals surface area contributed by atoms with Crippen LogP contribution >= 0.6 is 0 Å². The fourth-order valence-corrected chi connectivity index (χ4v) is 4.09. The quantitative estimate of drug-likeness (QED) is 0.376. The second-order valence-electron chi connectivity index (χ2n) is 8.74. The molecule has 0 radical (unpaired) electrons. The van der Waals surface area contributed by atoms with Crippen LogP contribution in [0.4, 0.5) is 0 Å². The summed E-state index contributed by atoms with van der Waals surface area (Å²) in [5, 5.41) is 8.02. The third-order valence-corrected chi connectivity index (χ3v) is 5.54. The molecule has 8 heteroatoms. The normalized spacial score (nSPS) is 17.6. The molecule has 1 aliphatic rings. The lowest BCUT2D eigenvalue weighted by molar-refractivity contribution is -0.133. The lowest BCUT2D eigenvalue weighted by Crippen LogP contribution is -2.43. The number of hydrogen-bond acceptors (Lipinski definition) is 4. The van der Waals surface area contributed by atoms with E-state index in [2.05, 4.69) is 54.2 Å². The SMILES string of the molecule is CCNC(=NCCCN1CCCC1C(=O)N(C)C)N(C)Cc1cn(C)nc1C(C)C. The molecule has 2 rings (SSSR count). The molecule has 1 N–H and O–H groups in total. The molecule has 0 aromatic carbocycles. The minimum Gasteiger partial charge on any atom is -0.357 e. The van der Waals surface area contributed by atoms with Gasteiger partial charge in [0.05, 0.1) is 11.7 Å². The number of aliphatic imine (C=N–C) groups is 1. The van der Waals surface area contributed by atoms with E-state index in [0.29, 0.717) is 5.92 Å². The number of guanidine groups is 1. The maximum Gasteiger partial charge on any atom is 0.239 e. The van der Waals surface area contributed by atoms with Crippen LogP contribution in [0.25, 0.3) is 0 Å². The highest BCUT2D eigenvalue weighted by Gasteiger charge is 2.31. The molecule has 0 spiro atoms. The Hall–Kier alpha value is -2.09. The molecule has 1 unspecified atom stereocenters. The summed E-state index contributed by atoms with van der Waals surface area (Å²) < 4.78 is 1.89. The zero-order valence-electron chi connectivity index (χ0n) is 20.0. The van der Waals surface area contributed by atoms with Gasteiger partial charge in [-0.2, -0.15) is 5.10 Å². The van der Waals surface area contributed by atoms with Crippen molar-refractivity contribution in [3.05, 3.63) is 17.5 Å². The van der Waals surface area contributed by atoms with Gasteiger partial charge in [0.15, 0.2) is 5.96 Å². The van der Waals surface area contributed by atoms with Gasteiger partial charge in [-0.3, -0.25) is 19.4 Å². The fraction of sp³-hybridized carbons (Fsp3) is 0.773. The van der Waals surface area contributed by atoms with Gasteiger partial charge < -0.3 is 15.1 Å². The van der Waals surface area contributed by atoms with Gasteiger partial charge in [-0.1, -0.05) is 13.8 Å². The third-order valence-electron chi connectivity index (χ3n) is 5.54. The van der Waals surface area contributed by atoms with E-state index in [-0.39, 0.29) is 11.9 Å². The predicted molar refractivity (Wildman–Crippen MR) is 123 cm³/mol. The Morgan fingerprint density at radius 1 is 1.37 bits per heavy atom. The summed E-state index contributed by atoms with van der Waals surface area (Å²) in [5.41, 5.74) is 2.38. The lowest BCUT2D eigenvalue weighted by atomic mass is 10.1. The minimum absolute atomic E-state index is 0.0416. The van der Waals surface area contributed by atoms with E-state index in [0.717, 1.165) is 63.6 Å². The number of aryl methyl sites for hydroxylation is 1. The molecule has 1 aromatic rings. The number of hydrogen-bond donors (Lipinski definition) is 1. The maximum absolute atomic E-state index is 12.4. The van der Waals surface area contributed by atoms with Crippen LogP contribution < -0.4 is 5.32 Å². The smallest absolute Gasteiger partial charge is 0.239 e. The second kappa shape index (κ2) is 11.3. The van der Waals surface area contributed by atoms with E-state index in [1.807, 2.05) is 25.8 Å². The Kier molecular flexibility index (Phi) is 9.14. The van der Waals surface area contributed by atoms with Crippen molar-refractivity contribution >= 4 is 11.9 Å². The number of likely N-dealkylation sites (N-methyl/N-ethyl adjacent to an activating group) is 1. The summed E-state index contributed by atoms with van der Waals surface area (Å²) in [6, 6.07) is 0.0416. The van der Waals surface area contributed by atoms with Crippen LogP contribution in [0.15, 0.2) is 11.2 Å². The van der Waals surface area contributed by atoms with E-state index in [1.165, 1.54) is 5.56 Å². The van der Waals surface area contributed by atoms with Crippen LogP contribution in [0.2, 0.25) is 0 Å². The van der Waals surface area contributed by atoms with E-state index in [1.54, 1.807) is 4.90 Å². The molecule has 1 amide bonds. The number of likely N-dealkylation sites (tertiary alicyclic amines) is 1. The first kappa shape index (κ1) is 24.2. The monoisotopic (exact) mass is 419 g/mol. The van der Waals surface area contributed by atoms with Gasteiger partial charge in [0.2, 0.25) is 5.91 Å². The van der Waals surface area contributed by atoms with Crippen LogP contribution in [-0.2, 0) is 18.4 Å². The summed E-state index contributed by atoms with van der Waals surface area (Å²) in [4.78, 5) is 23.4. The van der Waals surface area contributed by atoms with Crippen LogP contribution in [0.3, 0.4) is 0 Å². The fourth-order valence-electron chi connectivity index (χ4n) is 4.09. The molecule has 0 bridgehead atoms. The van der Waals surface area contributed by atoms with E-state index < -0.39 is 0 Å². The zero-order chi connectivity index (χ0) is 22.3. The summed E-state index contributed by atoms with van der Waals surface area (Å²) >= 11 is 0. The molecule has 8 nitrogen and oxygen atoms in total. The highest BCUT2D eigenvalue weighted by atomic mass is 16.2.